The van der Waals surface area contributed by atoms with Crippen molar-refractivity contribution in [3.05, 3.63) is 78.1 Å². The number of nitrogens with zero attached hydrogens (tertiary/aromatic N) is 2. The number of hydrogen-bond acceptors (Lipinski definition) is 4. The Morgan fingerprint density at radius 3 is 2.46 bits per heavy atom. The molecular formula is C18H18FN3O3S. The Hall–Kier alpha value is -2.71. The molecule has 1 heterocycles. The molecule has 8 heteroatoms. The molecule has 0 saturated carbocycles. The Balaban J connectivity index is 2.06. The monoisotopic (exact) mass is 375 g/mol. The van der Waals surface area contributed by atoms with Gasteiger partial charge in [0.1, 0.15) is 28.3 Å². The lowest BCUT2D eigenvalue weighted by Crippen LogP contribution is -2.31. The van der Waals surface area contributed by atoms with E-state index < -0.39 is 21.9 Å². The normalized spacial score (nSPS) is 12.7. The van der Waals surface area contributed by atoms with E-state index in [0.717, 1.165) is 0 Å². The minimum Gasteiger partial charge on any atom is -0.495 e. The van der Waals surface area contributed by atoms with Crippen LogP contribution in [0.15, 0.2) is 65.8 Å². The number of sulfonamides is 1. The maximum absolute atomic E-state index is 13.3. The molecule has 0 radical (unpaired) electrons. The van der Waals surface area contributed by atoms with Crippen LogP contribution in [0, 0.1) is 5.82 Å². The number of benzene rings is 2. The van der Waals surface area contributed by atoms with Gasteiger partial charge in [-0.15, -0.1) is 0 Å². The summed E-state index contributed by atoms with van der Waals surface area (Å²) in [5, 5.41) is 0. The van der Waals surface area contributed by atoms with Gasteiger partial charge in [0.2, 0.25) is 10.0 Å². The summed E-state index contributed by atoms with van der Waals surface area (Å²) in [4.78, 5) is 4.26. The van der Waals surface area contributed by atoms with Gasteiger partial charge in [-0.1, -0.05) is 24.3 Å². The number of hydrogen-bond donors (Lipinski definition) is 1. The molecular weight excluding hydrogens is 357 g/mol. The Morgan fingerprint density at radius 2 is 1.85 bits per heavy atom. The summed E-state index contributed by atoms with van der Waals surface area (Å²) in [6.45, 7) is 0. The third-order valence-corrected chi connectivity index (χ3v) is 5.41. The second-order valence-electron chi connectivity index (χ2n) is 5.65. The second kappa shape index (κ2) is 7.27. The molecule has 26 heavy (non-hydrogen) atoms. The van der Waals surface area contributed by atoms with Crippen molar-refractivity contribution >= 4 is 10.0 Å². The van der Waals surface area contributed by atoms with Crippen molar-refractivity contribution in [1.29, 1.82) is 0 Å². The van der Waals surface area contributed by atoms with Gasteiger partial charge in [0.25, 0.3) is 0 Å². The van der Waals surface area contributed by atoms with Gasteiger partial charge in [0, 0.05) is 19.4 Å². The summed E-state index contributed by atoms with van der Waals surface area (Å²) >= 11 is 0. The van der Waals surface area contributed by atoms with Gasteiger partial charge in [-0.05, 0) is 29.8 Å². The molecule has 1 unspecified atom stereocenters. The van der Waals surface area contributed by atoms with Crippen molar-refractivity contribution in [1.82, 2.24) is 14.3 Å². The zero-order valence-electron chi connectivity index (χ0n) is 14.3. The molecule has 136 valence electrons. The fourth-order valence-electron chi connectivity index (χ4n) is 2.64. The van der Waals surface area contributed by atoms with E-state index in [9.17, 15) is 12.8 Å². The van der Waals surface area contributed by atoms with Crippen molar-refractivity contribution in [2.45, 2.75) is 10.9 Å². The Bertz CT molecular complexity index is 1000. The van der Waals surface area contributed by atoms with Gasteiger partial charge < -0.3 is 9.30 Å². The predicted octanol–water partition coefficient (Wildman–Crippen LogP) is 2.64. The van der Waals surface area contributed by atoms with Crippen molar-refractivity contribution in [2.24, 2.45) is 7.05 Å². The molecule has 6 nitrogen and oxygen atoms in total. The fraction of sp³-hybridized carbons (Fsp3) is 0.167. The highest BCUT2D eigenvalue weighted by Crippen LogP contribution is 2.27. The van der Waals surface area contributed by atoms with Gasteiger partial charge in [-0.3, -0.25) is 0 Å². The first-order valence-corrected chi connectivity index (χ1v) is 9.29. The maximum atomic E-state index is 13.3. The Kier molecular flexibility index (Phi) is 5.06. The maximum Gasteiger partial charge on any atom is 0.245 e. The van der Waals surface area contributed by atoms with E-state index >= 15 is 0 Å². The smallest absolute Gasteiger partial charge is 0.245 e. The summed E-state index contributed by atoms with van der Waals surface area (Å²) < 4.78 is 48.7. The molecule has 0 saturated heterocycles. The fourth-order valence-corrected chi connectivity index (χ4v) is 3.99. The highest BCUT2D eigenvalue weighted by Gasteiger charge is 2.27. The molecule has 0 aliphatic carbocycles. The lowest BCUT2D eigenvalue weighted by atomic mass is 10.1. The molecule has 3 rings (SSSR count). The first-order chi connectivity index (χ1) is 12.4. The standard InChI is InChI=1S/C18H18FN3O3S/c1-22-12-11-20-18(22)17(13-7-9-14(19)10-8-13)21-26(23,24)16-6-4-3-5-15(16)25-2/h3-12,17,21H,1-2H3. The van der Waals surface area contributed by atoms with E-state index in [2.05, 4.69) is 9.71 Å². The first-order valence-electron chi connectivity index (χ1n) is 7.80. The number of imidazole rings is 1. The van der Waals surface area contributed by atoms with E-state index in [0.29, 0.717) is 11.4 Å². The number of rotatable bonds is 6. The summed E-state index contributed by atoms with van der Waals surface area (Å²) in [6.07, 6.45) is 3.28. The molecule has 0 amide bonds. The molecule has 2 aromatic carbocycles. The molecule has 0 aliphatic heterocycles. The number of ether oxygens (including phenoxy) is 1. The van der Waals surface area contributed by atoms with Crippen molar-refractivity contribution in [3.63, 3.8) is 0 Å². The SMILES string of the molecule is COc1ccccc1S(=O)(=O)NC(c1ccc(F)cc1)c1nccn1C. The predicted molar refractivity (Wildman–Crippen MR) is 94.8 cm³/mol. The van der Waals surface area contributed by atoms with Gasteiger partial charge in [0.05, 0.1) is 7.11 Å². The largest absolute Gasteiger partial charge is 0.495 e. The number of nitrogens with one attached hydrogen (secondary N) is 1. The summed E-state index contributed by atoms with van der Waals surface area (Å²) in [5.74, 6) is 0.313. The summed E-state index contributed by atoms with van der Waals surface area (Å²) in [5.41, 5.74) is 0.569. The minimum absolute atomic E-state index is 0.0174. The number of halogens is 1. The van der Waals surface area contributed by atoms with Gasteiger partial charge >= 0.3 is 0 Å². The van der Waals surface area contributed by atoms with Gasteiger partial charge in [-0.25, -0.2) is 17.8 Å². The van der Waals surface area contributed by atoms with Crippen LogP contribution >= 0.6 is 0 Å². The van der Waals surface area contributed by atoms with Crippen LogP contribution in [0.1, 0.15) is 17.4 Å². The Labute approximate surface area is 151 Å². The van der Waals surface area contributed by atoms with Crippen LogP contribution < -0.4 is 9.46 Å². The number of para-hydroxylation sites is 1. The first kappa shape index (κ1) is 18.1. The van der Waals surface area contributed by atoms with Crippen molar-refractivity contribution in [3.8, 4) is 5.75 Å². The molecule has 0 bridgehead atoms. The number of methoxy groups -OCH3 is 1. The highest BCUT2D eigenvalue weighted by molar-refractivity contribution is 7.89. The van der Waals surface area contributed by atoms with Crippen LogP contribution in [-0.4, -0.2) is 25.1 Å². The zero-order chi connectivity index (χ0) is 18.7. The van der Waals surface area contributed by atoms with Crippen molar-refractivity contribution < 1.29 is 17.5 Å². The second-order valence-corrected chi connectivity index (χ2v) is 7.34. The average molecular weight is 375 g/mol. The Morgan fingerprint density at radius 1 is 1.15 bits per heavy atom. The van der Waals surface area contributed by atoms with Crippen LogP contribution in [0.3, 0.4) is 0 Å². The van der Waals surface area contributed by atoms with Gasteiger partial charge in [-0.2, -0.15) is 4.72 Å². The molecule has 0 aliphatic rings. The number of aryl methyl sites for hydroxylation is 1. The topological polar surface area (TPSA) is 73.2 Å². The quantitative estimate of drug-likeness (QED) is 0.719. The van der Waals surface area contributed by atoms with Crippen LogP contribution in [-0.2, 0) is 17.1 Å². The molecule has 1 N–H and O–H groups in total. The summed E-state index contributed by atoms with van der Waals surface area (Å²) in [7, 11) is -0.758. The average Bonchev–Trinajstić information content (AvgIpc) is 3.06. The van der Waals surface area contributed by atoms with E-state index in [1.807, 2.05) is 0 Å². The van der Waals surface area contributed by atoms with E-state index in [4.69, 9.17) is 4.74 Å². The highest BCUT2D eigenvalue weighted by atomic mass is 32.2. The zero-order valence-corrected chi connectivity index (χ0v) is 15.1. The molecule has 1 aromatic heterocycles. The molecule has 1 atom stereocenters. The molecule has 3 aromatic rings. The van der Waals surface area contributed by atoms with Crippen LogP contribution in [0.25, 0.3) is 0 Å². The number of aromatic nitrogens is 2. The van der Waals surface area contributed by atoms with E-state index in [1.54, 1.807) is 42.2 Å². The third-order valence-electron chi connectivity index (χ3n) is 3.95. The molecule has 0 fully saturated rings. The van der Waals surface area contributed by atoms with Gasteiger partial charge in [0.15, 0.2) is 0 Å². The third kappa shape index (κ3) is 3.61. The lowest BCUT2D eigenvalue weighted by molar-refractivity contribution is 0.402. The van der Waals surface area contributed by atoms with E-state index in [-0.39, 0.29) is 10.6 Å². The minimum atomic E-state index is -3.93. The van der Waals surface area contributed by atoms with Crippen molar-refractivity contribution in [2.75, 3.05) is 7.11 Å². The van der Waals surface area contributed by atoms with E-state index in [1.165, 1.54) is 37.4 Å². The lowest BCUT2D eigenvalue weighted by Gasteiger charge is -2.20. The summed E-state index contributed by atoms with van der Waals surface area (Å²) in [6, 6.07) is 11.2. The van der Waals surface area contributed by atoms with Crippen LogP contribution in [0.2, 0.25) is 0 Å². The van der Waals surface area contributed by atoms with Crippen LogP contribution in [0.4, 0.5) is 4.39 Å². The molecule has 0 spiro atoms. The van der Waals surface area contributed by atoms with Crippen LogP contribution in [0.5, 0.6) is 5.75 Å².